The van der Waals surface area contributed by atoms with Crippen LogP contribution in [0.25, 0.3) is 0 Å². The molecule has 1 N–H and O–H groups in total. The molecule has 2 aromatic carbocycles. The second-order valence-electron chi connectivity index (χ2n) is 6.21. The molecule has 0 heterocycles. The van der Waals surface area contributed by atoms with Crippen molar-refractivity contribution in [1.82, 2.24) is 5.32 Å². The normalized spacial score (nSPS) is 13.9. The zero-order valence-electron chi connectivity index (χ0n) is 14.9. The largest absolute Gasteiger partial charge is 0.492 e. The molecule has 6 nitrogen and oxygen atoms in total. The van der Waals surface area contributed by atoms with E-state index in [1.54, 1.807) is 24.3 Å². The van der Waals surface area contributed by atoms with Gasteiger partial charge < -0.3 is 10.1 Å². The van der Waals surface area contributed by atoms with Gasteiger partial charge in [0.25, 0.3) is 10.0 Å². The van der Waals surface area contributed by atoms with Gasteiger partial charge in [0, 0.05) is 11.1 Å². The highest BCUT2D eigenvalue weighted by atomic mass is 35.5. The van der Waals surface area contributed by atoms with Crippen LogP contribution in [0.3, 0.4) is 0 Å². The molecule has 27 heavy (non-hydrogen) atoms. The highest BCUT2D eigenvalue weighted by molar-refractivity contribution is 7.92. The van der Waals surface area contributed by atoms with Gasteiger partial charge in [-0.3, -0.25) is 9.10 Å². The molecular weight excluding hydrogens is 388 g/mol. The maximum atomic E-state index is 13.3. The monoisotopic (exact) mass is 408 g/mol. The van der Waals surface area contributed by atoms with Crippen LogP contribution >= 0.6 is 11.6 Å². The highest BCUT2D eigenvalue weighted by Gasteiger charge is 2.31. The molecule has 2 aromatic rings. The van der Waals surface area contributed by atoms with E-state index in [0.29, 0.717) is 23.1 Å². The van der Waals surface area contributed by atoms with Crippen molar-refractivity contribution in [3.63, 3.8) is 0 Å². The molecule has 8 heteroatoms. The van der Waals surface area contributed by atoms with Gasteiger partial charge in [0.1, 0.15) is 12.3 Å². The summed E-state index contributed by atoms with van der Waals surface area (Å²) in [4.78, 5) is 12.5. The number of halogens is 1. The first kappa shape index (κ1) is 19.5. The lowest BCUT2D eigenvalue weighted by Gasteiger charge is -2.26. The van der Waals surface area contributed by atoms with E-state index in [-0.39, 0.29) is 23.4 Å². The Morgan fingerprint density at radius 2 is 1.85 bits per heavy atom. The van der Waals surface area contributed by atoms with Crippen molar-refractivity contribution in [2.75, 3.05) is 17.5 Å². The molecule has 1 aliphatic rings. The summed E-state index contributed by atoms with van der Waals surface area (Å²) >= 11 is 5.88. The molecular formula is C19H21ClN2O4S. The third kappa shape index (κ3) is 4.73. The Morgan fingerprint density at radius 3 is 2.48 bits per heavy atom. The highest BCUT2D eigenvalue weighted by Crippen LogP contribution is 2.32. The van der Waals surface area contributed by atoms with Crippen molar-refractivity contribution in [2.45, 2.75) is 30.7 Å². The zero-order valence-corrected chi connectivity index (χ0v) is 16.5. The Kier molecular flexibility index (Phi) is 5.92. The summed E-state index contributed by atoms with van der Waals surface area (Å²) in [6.45, 7) is 1.86. The summed E-state index contributed by atoms with van der Waals surface area (Å²) in [5.74, 6) is 0.0538. The van der Waals surface area contributed by atoms with Gasteiger partial charge in [0.05, 0.1) is 17.2 Å². The molecule has 0 bridgehead atoms. The second kappa shape index (κ2) is 8.19. The second-order valence-corrected chi connectivity index (χ2v) is 8.51. The minimum absolute atomic E-state index is 0.0532. The number of anilines is 1. The maximum Gasteiger partial charge on any atom is 0.264 e. The fourth-order valence-electron chi connectivity index (χ4n) is 2.61. The van der Waals surface area contributed by atoms with Crippen LogP contribution in [0.5, 0.6) is 5.75 Å². The van der Waals surface area contributed by atoms with Gasteiger partial charge in [0.2, 0.25) is 5.91 Å². The number of hydrogen-bond acceptors (Lipinski definition) is 4. The van der Waals surface area contributed by atoms with Crippen LogP contribution in [0.4, 0.5) is 5.69 Å². The smallest absolute Gasteiger partial charge is 0.264 e. The maximum absolute atomic E-state index is 13.3. The first-order chi connectivity index (χ1) is 12.9. The Hall–Kier alpha value is -2.25. The molecule has 1 amide bonds. The van der Waals surface area contributed by atoms with Crippen LogP contribution in [0.2, 0.25) is 5.02 Å². The molecule has 0 saturated heterocycles. The summed E-state index contributed by atoms with van der Waals surface area (Å²) in [6.07, 6.45) is 1.84. The van der Waals surface area contributed by atoms with Gasteiger partial charge in [-0.05, 0) is 56.2 Å². The lowest BCUT2D eigenvalue weighted by Crippen LogP contribution is -2.41. The Labute approximate surface area is 164 Å². The number of benzene rings is 2. The number of rotatable bonds is 8. The molecule has 0 aromatic heterocycles. The molecule has 0 unspecified atom stereocenters. The van der Waals surface area contributed by atoms with Crippen LogP contribution < -0.4 is 14.4 Å². The molecule has 0 atom stereocenters. The Bertz CT molecular complexity index is 912. The summed E-state index contributed by atoms with van der Waals surface area (Å²) in [7, 11) is -3.99. The summed E-state index contributed by atoms with van der Waals surface area (Å²) < 4.78 is 33.2. The predicted octanol–water partition coefficient (Wildman–Crippen LogP) is 3.21. The zero-order chi connectivity index (χ0) is 19.4. The van der Waals surface area contributed by atoms with Crippen molar-refractivity contribution >= 4 is 33.2 Å². The number of hydrogen-bond donors (Lipinski definition) is 1. The van der Waals surface area contributed by atoms with Crippen LogP contribution in [0.15, 0.2) is 53.4 Å². The van der Waals surface area contributed by atoms with Crippen LogP contribution in [-0.4, -0.2) is 33.5 Å². The molecule has 0 radical (unpaired) electrons. The van der Waals surface area contributed by atoms with E-state index in [9.17, 15) is 13.2 Å². The van der Waals surface area contributed by atoms with E-state index in [4.69, 9.17) is 16.3 Å². The van der Waals surface area contributed by atoms with E-state index in [1.165, 1.54) is 24.3 Å². The quantitative estimate of drug-likeness (QED) is 0.727. The topological polar surface area (TPSA) is 75.7 Å². The fraction of sp³-hybridized carbons (Fsp3) is 0.316. The third-order valence-electron chi connectivity index (χ3n) is 4.07. The van der Waals surface area contributed by atoms with E-state index < -0.39 is 10.0 Å². The van der Waals surface area contributed by atoms with Crippen molar-refractivity contribution in [1.29, 1.82) is 0 Å². The van der Waals surface area contributed by atoms with E-state index in [0.717, 1.165) is 17.1 Å². The fourth-order valence-corrected chi connectivity index (χ4v) is 4.16. The van der Waals surface area contributed by atoms with Crippen LogP contribution in [0, 0.1) is 0 Å². The number of carbonyl (C=O) groups excluding carboxylic acids is 1. The van der Waals surface area contributed by atoms with Gasteiger partial charge in [-0.1, -0.05) is 23.7 Å². The number of nitrogens with one attached hydrogen (secondary N) is 1. The number of ether oxygens (including phenoxy) is 1. The lowest BCUT2D eigenvalue weighted by atomic mass is 10.3. The molecule has 1 aliphatic carbocycles. The van der Waals surface area contributed by atoms with Crippen LogP contribution in [0.1, 0.15) is 19.8 Å². The average Bonchev–Trinajstić information content (AvgIpc) is 3.45. The number of para-hydroxylation sites is 2. The third-order valence-corrected chi connectivity index (χ3v) is 6.09. The SMILES string of the molecule is CCOc1ccccc1N(CC(=O)NC1CC1)S(=O)(=O)c1ccc(Cl)cc1. The molecule has 0 aliphatic heterocycles. The number of amides is 1. The Morgan fingerprint density at radius 1 is 1.19 bits per heavy atom. The number of sulfonamides is 1. The Balaban J connectivity index is 2.01. The van der Waals surface area contributed by atoms with E-state index in [1.807, 2.05) is 6.92 Å². The van der Waals surface area contributed by atoms with Crippen molar-refractivity contribution in [2.24, 2.45) is 0 Å². The minimum atomic E-state index is -3.99. The van der Waals surface area contributed by atoms with Gasteiger partial charge >= 0.3 is 0 Å². The van der Waals surface area contributed by atoms with E-state index >= 15 is 0 Å². The van der Waals surface area contributed by atoms with Crippen molar-refractivity contribution in [3.8, 4) is 5.75 Å². The first-order valence-corrected chi connectivity index (χ1v) is 10.5. The summed E-state index contributed by atoms with van der Waals surface area (Å²) in [6, 6.07) is 12.8. The van der Waals surface area contributed by atoms with Gasteiger partial charge in [-0.2, -0.15) is 0 Å². The van der Waals surface area contributed by atoms with Gasteiger partial charge in [0.15, 0.2) is 0 Å². The first-order valence-electron chi connectivity index (χ1n) is 8.71. The number of nitrogens with zero attached hydrogens (tertiary/aromatic N) is 1. The molecule has 3 rings (SSSR count). The standard InChI is InChI=1S/C19H21ClN2O4S/c1-2-26-18-6-4-3-5-17(18)22(13-19(23)21-15-9-10-15)27(24,25)16-11-7-14(20)8-12-16/h3-8,11-12,15H,2,9-10,13H2,1H3,(H,21,23). The van der Waals surface area contributed by atoms with Crippen molar-refractivity contribution < 1.29 is 17.9 Å². The van der Waals surface area contributed by atoms with Crippen LogP contribution in [-0.2, 0) is 14.8 Å². The van der Waals surface area contributed by atoms with Crippen molar-refractivity contribution in [3.05, 3.63) is 53.6 Å². The summed E-state index contributed by atoms with van der Waals surface area (Å²) in [5.41, 5.74) is 0.320. The molecule has 1 saturated carbocycles. The lowest BCUT2D eigenvalue weighted by molar-refractivity contribution is -0.119. The number of carbonyl (C=O) groups is 1. The minimum Gasteiger partial charge on any atom is -0.492 e. The molecule has 144 valence electrons. The summed E-state index contributed by atoms with van der Waals surface area (Å²) in [5, 5.41) is 3.26. The van der Waals surface area contributed by atoms with E-state index in [2.05, 4.69) is 5.32 Å². The average molecular weight is 409 g/mol. The van der Waals surface area contributed by atoms with Gasteiger partial charge in [-0.25, -0.2) is 8.42 Å². The predicted molar refractivity (Wildman–Crippen MR) is 105 cm³/mol. The molecule has 0 spiro atoms. The van der Waals surface area contributed by atoms with Gasteiger partial charge in [-0.15, -0.1) is 0 Å². The molecule has 1 fully saturated rings.